The second-order valence-electron chi connectivity index (χ2n) is 5.78. The fourth-order valence-corrected chi connectivity index (χ4v) is 2.80. The zero-order valence-electron chi connectivity index (χ0n) is 12.6. The molecule has 0 unspecified atom stereocenters. The summed E-state index contributed by atoms with van der Waals surface area (Å²) in [5.74, 6) is -0.441. The van der Waals surface area contributed by atoms with Crippen LogP contribution in [0, 0.1) is 5.82 Å². The van der Waals surface area contributed by atoms with Gasteiger partial charge in [0.2, 0.25) is 0 Å². The molecule has 0 amide bonds. The molecule has 1 aromatic rings. The molecule has 0 atom stereocenters. The fraction of sp³-hybridized carbons (Fsp3) is 0.533. The lowest BCUT2D eigenvalue weighted by Gasteiger charge is -2.35. The molecule has 3 N–H and O–H groups in total. The van der Waals surface area contributed by atoms with Crippen LogP contribution in [0.3, 0.4) is 0 Å². The van der Waals surface area contributed by atoms with Crippen molar-refractivity contribution in [2.75, 3.05) is 27.2 Å². The Morgan fingerprint density at radius 2 is 2.10 bits per heavy atom. The van der Waals surface area contributed by atoms with Gasteiger partial charge in [0.1, 0.15) is 5.82 Å². The van der Waals surface area contributed by atoms with E-state index in [-0.39, 0.29) is 11.7 Å². The Bertz CT molecular complexity index is 512. The average molecular weight is 294 g/mol. The van der Waals surface area contributed by atoms with Crippen LogP contribution >= 0.6 is 0 Å². The molecule has 0 spiro atoms. The zero-order chi connectivity index (χ0) is 15.4. The number of oxime groups is 1. The quantitative estimate of drug-likeness (QED) is 0.382. The van der Waals surface area contributed by atoms with Gasteiger partial charge >= 0.3 is 0 Å². The predicted octanol–water partition coefficient (Wildman–Crippen LogP) is 1.45. The Kier molecular flexibility index (Phi) is 5.14. The summed E-state index contributed by atoms with van der Waals surface area (Å²) < 4.78 is 13.7. The zero-order valence-corrected chi connectivity index (χ0v) is 12.6. The highest BCUT2D eigenvalue weighted by Gasteiger charge is 2.20. The van der Waals surface area contributed by atoms with Gasteiger partial charge in [0, 0.05) is 18.2 Å². The minimum absolute atomic E-state index is 0.0716. The normalized spacial score (nSPS) is 18.4. The summed E-state index contributed by atoms with van der Waals surface area (Å²) in [6, 6.07) is 5.05. The van der Waals surface area contributed by atoms with Gasteiger partial charge in [-0.05, 0) is 63.8 Å². The topological polar surface area (TPSA) is 65.1 Å². The van der Waals surface area contributed by atoms with Crippen LogP contribution in [-0.2, 0) is 6.54 Å². The van der Waals surface area contributed by atoms with Gasteiger partial charge < -0.3 is 15.8 Å². The van der Waals surface area contributed by atoms with E-state index in [2.05, 4.69) is 29.1 Å². The van der Waals surface area contributed by atoms with Crippen molar-refractivity contribution < 1.29 is 9.60 Å². The minimum Gasteiger partial charge on any atom is -0.409 e. The van der Waals surface area contributed by atoms with Crippen molar-refractivity contribution in [1.29, 1.82) is 0 Å². The Labute approximate surface area is 124 Å². The lowest BCUT2D eigenvalue weighted by molar-refractivity contribution is 0.139. The minimum atomic E-state index is -0.370. The average Bonchev–Trinajstić information content (AvgIpc) is 2.46. The lowest BCUT2D eigenvalue weighted by atomic mass is 10.0. The molecule has 0 radical (unpaired) electrons. The molecule has 1 aliphatic heterocycles. The van der Waals surface area contributed by atoms with Crippen LogP contribution in [0.4, 0.5) is 4.39 Å². The number of benzene rings is 1. The fourth-order valence-electron chi connectivity index (χ4n) is 2.80. The molecule has 0 saturated carbocycles. The van der Waals surface area contributed by atoms with E-state index in [4.69, 9.17) is 10.9 Å². The van der Waals surface area contributed by atoms with Gasteiger partial charge in [0.05, 0.1) is 0 Å². The number of nitrogens with two attached hydrogens (primary N) is 1. The van der Waals surface area contributed by atoms with E-state index in [1.807, 2.05) is 0 Å². The monoisotopic (exact) mass is 294 g/mol. The van der Waals surface area contributed by atoms with E-state index in [1.165, 1.54) is 12.1 Å². The van der Waals surface area contributed by atoms with Gasteiger partial charge in [-0.3, -0.25) is 4.90 Å². The summed E-state index contributed by atoms with van der Waals surface area (Å²) in [6.07, 6.45) is 2.24. The van der Waals surface area contributed by atoms with Crippen LogP contribution in [0.25, 0.3) is 0 Å². The number of amidine groups is 1. The molecule has 6 heteroatoms. The number of halogens is 1. The third-order valence-electron chi connectivity index (χ3n) is 4.10. The molecule has 1 aromatic carbocycles. The molecule has 0 aliphatic carbocycles. The summed E-state index contributed by atoms with van der Waals surface area (Å²) in [4.78, 5) is 4.57. The van der Waals surface area contributed by atoms with Crippen molar-refractivity contribution >= 4 is 5.84 Å². The third kappa shape index (κ3) is 4.15. The Hall–Kier alpha value is -1.66. The summed E-state index contributed by atoms with van der Waals surface area (Å²) >= 11 is 0. The second kappa shape index (κ2) is 6.87. The maximum absolute atomic E-state index is 13.7. The highest BCUT2D eigenvalue weighted by molar-refractivity contribution is 5.97. The SMILES string of the molecule is CN1CCC(N(C)Cc2cc(F)cc(/C(N)=N/O)c2)CC1. The molecule has 116 valence electrons. The number of nitrogens with zero attached hydrogens (tertiary/aromatic N) is 3. The highest BCUT2D eigenvalue weighted by Crippen LogP contribution is 2.18. The molecule has 21 heavy (non-hydrogen) atoms. The molecular formula is C15H23FN4O. The summed E-state index contributed by atoms with van der Waals surface area (Å²) in [6.45, 7) is 2.83. The van der Waals surface area contributed by atoms with Crippen molar-refractivity contribution in [3.63, 3.8) is 0 Å². The first kappa shape index (κ1) is 15.7. The van der Waals surface area contributed by atoms with Crippen molar-refractivity contribution in [3.8, 4) is 0 Å². The lowest BCUT2D eigenvalue weighted by Crippen LogP contribution is -2.41. The number of rotatable bonds is 4. The first-order valence-electron chi connectivity index (χ1n) is 7.15. The number of hydrogen-bond acceptors (Lipinski definition) is 4. The van der Waals surface area contributed by atoms with E-state index in [0.29, 0.717) is 18.2 Å². The van der Waals surface area contributed by atoms with Gasteiger partial charge in [0.25, 0.3) is 0 Å². The smallest absolute Gasteiger partial charge is 0.170 e. The van der Waals surface area contributed by atoms with Gasteiger partial charge in [-0.25, -0.2) is 4.39 Å². The van der Waals surface area contributed by atoms with Crippen molar-refractivity contribution in [2.45, 2.75) is 25.4 Å². The van der Waals surface area contributed by atoms with E-state index in [1.54, 1.807) is 6.07 Å². The summed E-state index contributed by atoms with van der Waals surface area (Å²) in [5, 5.41) is 11.6. The van der Waals surface area contributed by atoms with Crippen LogP contribution in [0.5, 0.6) is 0 Å². The molecule has 1 aliphatic rings. The molecule has 1 saturated heterocycles. The van der Waals surface area contributed by atoms with Crippen molar-refractivity contribution in [3.05, 3.63) is 35.1 Å². The van der Waals surface area contributed by atoms with Crippen LogP contribution in [-0.4, -0.2) is 54.1 Å². The molecule has 1 heterocycles. The molecule has 1 fully saturated rings. The van der Waals surface area contributed by atoms with Crippen LogP contribution in [0.15, 0.2) is 23.4 Å². The van der Waals surface area contributed by atoms with Crippen LogP contribution in [0.2, 0.25) is 0 Å². The molecule has 2 rings (SSSR count). The second-order valence-corrected chi connectivity index (χ2v) is 5.78. The van der Waals surface area contributed by atoms with Crippen LogP contribution in [0.1, 0.15) is 24.0 Å². The Morgan fingerprint density at radius 1 is 1.43 bits per heavy atom. The summed E-state index contributed by atoms with van der Waals surface area (Å²) in [5.41, 5.74) is 6.77. The largest absolute Gasteiger partial charge is 0.409 e. The maximum Gasteiger partial charge on any atom is 0.170 e. The highest BCUT2D eigenvalue weighted by atomic mass is 19.1. The van der Waals surface area contributed by atoms with E-state index in [9.17, 15) is 4.39 Å². The number of likely N-dealkylation sites (tertiary alicyclic amines) is 1. The summed E-state index contributed by atoms with van der Waals surface area (Å²) in [7, 11) is 4.19. The van der Waals surface area contributed by atoms with Gasteiger partial charge in [-0.2, -0.15) is 0 Å². The van der Waals surface area contributed by atoms with Gasteiger partial charge in [-0.15, -0.1) is 0 Å². The number of piperidine rings is 1. The maximum atomic E-state index is 13.7. The first-order valence-corrected chi connectivity index (χ1v) is 7.15. The molecule has 0 aromatic heterocycles. The molecular weight excluding hydrogens is 271 g/mol. The number of hydrogen-bond donors (Lipinski definition) is 2. The molecule has 5 nitrogen and oxygen atoms in total. The van der Waals surface area contributed by atoms with E-state index >= 15 is 0 Å². The third-order valence-corrected chi connectivity index (χ3v) is 4.10. The Morgan fingerprint density at radius 3 is 2.71 bits per heavy atom. The van der Waals surface area contributed by atoms with Gasteiger partial charge in [-0.1, -0.05) is 5.16 Å². The van der Waals surface area contributed by atoms with Crippen LogP contribution < -0.4 is 5.73 Å². The first-order chi connectivity index (χ1) is 9.99. The van der Waals surface area contributed by atoms with E-state index in [0.717, 1.165) is 31.5 Å². The Balaban J connectivity index is 2.06. The predicted molar refractivity (Wildman–Crippen MR) is 80.9 cm³/mol. The van der Waals surface area contributed by atoms with Gasteiger partial charge in [0.15, 0.2) is 5.84 Å². The standard InChI is InChI=1S/C15H23FN4O/c1-19-5-3-14(4-6-19)20(2)10-11-7-12(15(17)18-21)9-13(16)8-11/h7-9,14,21H,3-6,10H2,1-2H3,(H2,17,18). The molecule has 0 bridgehead atoms. The van der Waals surface area contributed by atoms with Crippen molar-refractivity contribution in [2.24, 2.45) is 10.9 Å². The van der Waals surface area contributed by atoms with Crippen molar-refractivity contribution in [1.82, 2.24) is 9.80 Å². The van der Waals surface area contributed by atoms with E-state index < -0.39 is 0 Å².